The molecule has 0 aliphatic carbocycles. The Morgan fingerprint density at radius 1 is 0.833 bits per heavy atom. The first-order chi connectivity index (χ1) is 2.00. The van der Waals surface area contributed by atoms with Crippen molar-refractivity contribution in [1.82, 2.24) is 6.15 Å². The number of hydrogen-bond donors (Lipinski definition) is 1. The van der Waals surface area contributed by atoms with Crippen molar-refractivity contribution in [3.05, 3.63) is 0 Å². The van der Waals surface area contributed by atoms with Crippen LogP contribution in [0, 0.1) is 0 Å². The van der Waals surface area contributed by atoms with Gasteiger partial charge in [-0.25, -0.2) is 0 Å². The van der Waals surface area contributed by atoms with Gasteiger partial charge in [0.25, 0.3) is 0 Å². The molecule has 0 heterocycles. The van der Waals surface area contributed by atoms with Gasteiger partial charge in [0.15, 0.2) is 0 Å². The topological polar surface area (TPSA) is 36.5 Å². The van der Waals surface area contributed by atoms with E-state index >= 15 is 0 Å². The number of quaternary nitrogens is 1. The third-order valence-electron chi connectivity index (χ3n) is 0. The fraction of sp³-hybridized carbons (Fsp3) is 1.00. The molecule has 0 saturated heterocycles. The second-order valence-corrected chi connectivity index (χ2v) is 26.3. The molecule has 0 fully saturated rings. The Bertz CT molecular complexity index is 23.0. The molecule has 0 bridgehead atoms. The molecule has 0 rings (SSSR count). The van der Waals surface area contributed by atoms with Crippen molar-refractivity contribution in [2.24, 2.45) is 0 Å². The van der Waals surface area contributed by atoms with E-state index in [1.54, 1.807) is 0 Å². The predicted octanol–water partition coefficient (Wildman–Crippen LogP) is 2.33. The summed E-state index contributed by atoms with van der Waals surface area (Å²) in [4.78, 5) is 0. The van der Waals surface area contributed by atoms with Crippen molar-refractivity contribution in [3.63, 3.8) is 0 Å². The van der Waals surface area contributed by atoms with Gasteiger partial charge in [0, 0.05) is 0 Å². The second-order valence-electron chi connectivity index (χ2n) is 3.00. The molecule has 0 aromatic rings. The zero-order valence-corrected chi connectivity index (χ0v) is 9.39. The van der Waals surface area contributed by atoms with Crippen molar-refractivity contribution in [2.75, 3.05) is 0 Å². The third-order valence-corrected chi connectivity index (χ3v) is 0. The zero-order chi connectivity index (χ0) is 4.50. The van der Waals surface area contributed by atoms with Gasteiger partial charge >= 0.3 is 39.1 Å². The van der Waals surface area contributed by atoms with Crippen LogP contribution in [0.15, 0.2) is 0 Å². The molecule has 0 spiro atoms. The Balaban J connectivity index is 0. The quantitative estimate of drug-likeness (QED) is 0.663. The fourth-order valence-electron chi connectivity index (χ4n) is 0. The Hall–Kier alpha value is 0.882. The monoisotopic (exact) mass is 286 g/mol. The summed E-state index contributed by atoms with van der Waals surface area (Å²) in [5.41, 5.74) is 0. The SMILES string of the molecule is [CH3][Pb]([CH3])([CH3])[CH3].[NH4+]. The molecule has 0 amide bonds. The summed E-state index contributed by atoms with van der Waals surface area (Å²) >= 11 is -1.28. The minimum Gasteiger partial charge on any atom is -0.369 e. The van der Waals surface area contributed by atoms with E-state index in [0.717, 1.165) is 0 Å². The van der Waals surface area contributed by atoms with E-state index in [2.05, 4.69) is 17.9 Å². The first-order valence-corrected chi connectivity index (χ1v) is 17.5. The molecule has 2 heteroatoms. The van der Waals surface area contributed by atoms with Gasteiger partial charge in [-0.2, -0.15) is 0 Å². The Morgan fingerprint density at radius 3 is 0.833 bits per heavy atom. The van der Waals surface area contributed by atoms with Crippen molar-refractivity contribution in [3.8, 4) is 0 Å². The average molecular weight is 285 g/mol. The van der Waals surface area contributed by atoms with E-state index in [-0.39, 0.29) is 6.15 Å². The third kappa shape index (κ3) is 94.6. The van der Waals surface area contributed by atoms with Crippen LogP contribution < -0.4 is 6.15 Å². The summed E-state index contributed by atoms with van der Waals surface area (Å²) in [5.74, 6) is 0. The first-order valence-electron chi connectivity index (χ1n) is 2.00. The van der Waals surface area contributed by atoms with Gasteiger partial charge in [0.2, 0.25) is 0 Å². The molecule has 0 aromatic carbocycles. The van der Waals surface area contributed by atoms with Gasteiger partial charge in [-0.05, 0) is 0 Å². The molecule has 1 nitrogen and oxygen atoms in total. The van der Waals surface area contributed by atoms with Crippen LogP contribution in [-0.4, -0.2) is 21.2 Å². The molecule has 4 N–H and O–H groups in total. The molecule has 0 aliphatic heterocycles. The van der Waals surface area contributed by atoms with E-state index in [1.165, 1.54) is 0 Å². The average Bonchev–Trinajstić information content (AvgIpc) is 0.722. The summed E-state index contributed by atoms with van der Waals surface area (Å²) < 4.78 is 9.64. The molecule has 6 heavy (non-hydrogen) atoms. The Labute approximate surface area is 45.4 Å². The van der Waals surface area contributed by atoms with Crippen LogP contribution in [0.1, 0.15) is 0 Å². The standard InChI is InChI=1S/4CH3.H3N.Pb/h5*1H3;/p+1. The van der Waals surface area contributed by atoms with Crippen molar-refractivity contribution in [1.29, 1.82) is 0 Å². The Kier molecular flexibility index (Phi) is 4.93. The van der Waals surface area contributed by atoms with Gasteiger partial charge in [-0.15, -0.1) is 0 Å². The maximum absolute atomic E-state index is 2.41. The molecule has 0 unspecified atom stereocenters. The summed E-state index contributed by atoms with van der Waals surface area (Å²) in [7, 11) is 0. The van der Waals surface area contributed by atoms with Crippen LogP contribution in [0.25, 0.3) is 0 Å². The van der Waals surface area contributed by atoms with E-state index in [1.807, 2.05) is 0 Å². The van der Waals surface area contributed by atoms with E-state index in [4.69, 9.17) is 0 Å². The van der Waals surface area contributed by atoms with Gasteiger partial charge in [0.1, 0.15) is 0 Å². The summed E-state index contributed by atoms with van der Waals surface area (Å²) in [6.07, 6.45) is 0. The largest absolute Gasteiger partial charge is 0.369 e. The van der Waals surface area contributed by atoms with Crippen LogP contribution in [-0.2, 0) is 0 Å². The van der Waals surface area contributed by atoms with Crippen molar-refractivity contribution >= 4 is 21.2 Å². The fourth-order valence-corrected chi connectivity index (χ4v) is 0. The molecule has 40 valence electrons. The summed E-state index contributed by atoms with van der Waals surface area (Å²) in [5, 5.41) is 0. The molecule has 0 saturated carbocycles. The first kappa shape index (κ1) is 9.99. The van der Waals surface area contributed by atoms with Crippen molar-refractivity contribution < 1.29 is 0 Å². The van der Waals surface area contributed by atoms with Crippen LogP contribution in [0.2, 0.25) is 17.9 Å². The molecular weight excluding hydrogens is 269 g/mol. The predicted molar refractivity (Wildman–Crippen MR) is 35.2 cm³/mol. The molecule has 0 aliphatic rings. The molecule has 0 atom stereocenters. The maximum Gasteiger partial charge on any atom is -0.369 e. The van der Waals surface area contributed by atoms with E-state index in [0.29, 0.717) is 0 Å². The van der Waals surface area contributed by atoms with Gasteiger partial charge in [-0.1, -0.05) is 0 Å². The van der Waals surface area contributed by atoms with Crippen LogP contribution in [0.4, 0.5) is 0 Å². The molecule has 0 aromatic heterocycles. The minimum atomic E-state index is -1.28. The molecular formula is C4H16NPb+. The molecule has 0 radical (unpaired) electrons. The Morgan fingerprint density at radius 2 is 0.833 bits per heavy atom. The second kappa shape index (κ2) is 2.96. The normalized spacial score (nSPS) is 10.0. The summed E-state index contributed by atoms with van der Waals surface area (Å²) in [6.45, 7) is 0. The number of hydrogen-bond acceptors (Lipinski definition) is 0. The van der Waals surface area contributed by atoms with Gasteiger partial charge in [-0.3, -0.25) is 0 Å². The zero-order valence-electron chi connectivity index (χ0n) is 5.50. The minimum absolute atomic E-state index is 0. The van der Waals surface area contributed by atoms with Crippen LogP contribution >= 0.6 is 0 Å². The number of rotatable bonds is 0. The van der Waals surface area contributed by atoms with Crippen LogP contribution in [0.3, 0.4) is 0 Å². The van der Waals surface area contributed by atoms with E-state index < -0.39 is 21.2 Å². The smallest absolute Gasteiger partial charge is 0.369 e. The summed E-state index contributed by atoms with van der Waals surface area (Å²) in [6, 6.07) is 0. The van der Waals surface area contributed by atoms with Gasteiger partial charge in [0.05, 0.1) is 0 Å². The van der Waals surface area contributed by atoms with E-state index in [9.17, 15) is 0 Å². The maximum atomic E-state index is 2.41. The van der Waals surface area contributed by atoms with Crippen LogP contribution in [0.5, 0.6) is 0 Å². The van der Waals surface area contributed by atoms with Crippen molar-refractivity contribution in [2.45, 2.75) is 17.9 Å². The van der Waals surface area contributed by atoms with Gasteiger partial charge < -0.3 is 6.15 Å².